The molecule has 4 rings (SSSR count). The lowest BCUT2D eigenvalue weighted by Gasteiger charge is -2.31. The molecule has 31 heavy (non-hydrogen) atoms. The first kappa shape index (κ1) is 20.8. The van der Waals surface area contributed by atoms with Crippen molar-refractivity contribution in [3.8, 4) is 11.1 Å². The fourth-order valence-electron chi connectivity index (χ4n) is 4.32. The van der Waals surface area contributed by atoms with Crippen LogP contribution in [0.3, 0.4) is 0 Å². The Balaban J connectivity index is 1.53. The number of carbonyl (C=O) groups excluding carboxylic acids is 1. The van der Waals surface area contributed by atoms with E-state index in [1.807, 2.05) is 54.6 Å². The van der Waals surface area contributed by atoms with Crippen LogP contribution in [0.15, 0.2) is 78.9 Å². The van der Waals surface area contributed by atoms with E-state index in [0.29, 0.717) is 0 Å². The number of carbonyl (C=O) groups is 2. The Labute approximate surface area is 182 Å². The first-order valence-corrected chi connectivity index (χ1v) is 10.4. The van der Waals surface area contributed by atoms with Crippen LogP contribution in [0.5, 0.6) is 0 Å². The van der Waals surface area contributed by atoms with E-state index in [0.717, 1.165) is 27.8 Å². The van der Waals surface area contributed by atoms with Gasteiger partial charge in [-0.1, -0.05) is 78.9 Å². The van der Waals surface area contributed by atoms with Gasteiger partial charge in [0.25, 0.3) is 0 Å². The minimum Gasteiger partial charge on any atom is -0.477 e. The molecule has 3 aromatic rings. The molecule has 1 aliphatic carbocycles. The van der Waals surface area contributed by atoms with Gasteiger partial charge in [-0.2, -0.15) is 4.79 Å². The summed E-state index contributed by atoms with van der Waals surface area (Å²) in [5, 5.41) is 9.84. The second kappa shape index (κ2) is 8.36. The maximum Gasteiger partial charge on any atom is 0.516 e. The van der Waals surface area contributed by atoms with Crippen LogP contribution >= 0.6 is 0 Å². The number of hydrogen-bond donors (Lipinski definition) is 1. The molecular weight excluding hydrogens is 390 g/mol. The van der Waals surface area contributed by atoms with Crippen molar-refractivity contribution in [2.75, 3.05) is 20.7 Å². The molecule has 0 fully saturated rings. The van der Waals surface area contributed by atoms with Gasteiger partial charge < -0.3 is 9.84 Å². The van der Waals surface area contributed by atoms with Crippen LogP contribution in [0.4, 0.5) is 4.79 Å². The fourth-order valence-corrected chi connectivity index (χ4v) is 4.32. The first-order chi connectivity index (χ1) is 14.9. The van der Waals surface area contributed by atoms with E-state index >= 15 is 0 Å². The second-order valence-electron chi connectivity index (χ2n) is 8.39. The summed E-state index contributed by atoms with van der Waals surface area (Å²) in [6, 6.07) is 24.7. The molecule has 1 aliphatic rings. The quantitative estimate of drug-likeness (QED) is 0.591. The summed E-state index contributed by atoms with van der Waals surface area (Å²) in [6.07, 6.45) is -0.307. The van der Waals surface area contributed by atoms with Crippen LogP contribution in [-0.4, -0.2) is 48.4 Å². The Kier molecular flexibility index (Phi) is 5.61. The lowest BCUT2D eigenvalue weighted by atomic mass is 9.98. The third-order valence-corrected chi connectivity index (χ3v) is 6.14. The minimum absolute atomic E-state index is 0.0613. The summed E-state index contributed by atoms with van der Waals surface area (Å²) < 4.78 is 5.35. The number of aliphatic carboxylic acids is 1. The van der Waals surface area contributed by atoms with Gasteiger partial charge in [0.2, 0.25) is 6.04 Å². The summed E-state index contributed by atoms with van der Waals surface area (Å²) >= 11 is 0. The summed E-state index contributed by atoms with van der Waals surface area (Å²) in [7, 11) is 3.20. The lowest BCUT2D eigenvalue weighted by molar-refractivity contribution is -0.834. The van der Waals surface area contributed by atoms with E-state index in [-0.39, 0.29) is 23.4 Å². The zero-order valence-corrected chi connectivity index (χ0v) is 17.7. The molecule has 5 nitrogen and oxygen atoms in total. The van der Waals surface area contributed by atoms with Gasteiger partial charge in [0.1, 0.15) is 6.61 Å². The van der Waals surface area contributed by atoms with Gasteiger partial charge >= 0.3 is 12.1 Å². The Morgan fingerprint density at radius 3 is 1.94 bits per heavy atom. The van der Waals surface area contributed by atoms with Crippen LogP contribution in [0.1, 0.15) is 22.6 Å². The Morgan fingerprint density at radius 1 is 0.871 bits per heavy atom. The van der Waals surface area contributed by atoms with Crippen molar-refractivity contribution in [3.63, 3.8) is 0 Å². The Hall–Kier alpha value is -3.44. The highest BCUT2D eigenvalue weighted by Crippen LogP contribution is 2.44. The number of carboxylic acids is 1. The maximum absolute atomic E-state index is 13.1. The summed E-state index contributed by atoms with van der Waals surface area (Å²) in [5.41, 5.74) is 5.43. The molecule has 0 heterocycles. The normalized spacial score (nSPS) is 13.9. The van der Waals surface area contributed by atoms with Crippen LogP contribution in [-0.2, 0) is 16.0 Å². The van der Waals surface area contributed by atoms with E-state index in [2.05, 4.69) is 24.3 Å². The molecule has 0 saturated heterocycles. The van der Waals surface area contributed by atoms with E-state index in [4.69, 9.17) is 4.74 Å². The maximum atomic E-state index is 13.1. The highest BCUT2D eigenvalue weighted by Gasteiger charge is 2.43. The van der Waals surface area contributed by atoms with E-state index in [9.17, 15) is 14.7 Å². The highest BCUT2D eigenvalue weighted by atomic mass is 16.6. The molecule has 0 aromatic heterocycles. The molecular formula is C26H26NO4+. The number of carboxylic acid groups (broad SMARTS) is 1. The average molecular weight is 416 g/mol. The fraction of sp³-hybridized carbons (Fsp3) is 0.231. The van der Waals surface area contributed by atoms with Crippen molar-refractivity contribution in [3.05, 3.63) is 95.6 Å². The molecule has 1 N–H and O–H groups in total. The van der Waals surface area contributed by atoms with Crippen molar-refractivity contribution >= 4 is 12.1 Å². The zero-order chi connectivity index (χ0) is 22.0. The van der Waals surface area contributed by atoms with Crippen LogP contribution in [0.2, 0.25) is 0 Å². The lowest BCUT2D eigenvalue weighted by Crippen LogP contribution is -2.58. The third kappa shape index (κ3) is 3.97. The third-order valence-electron chi connectivity index (χ3n) is 6.14. The van der Waals surface area contributed by atoms with E-state index < -0.39 is 18.1 Å². The number of hydrogen-bond acceptors (Lipinski definition) is 3. The van der Waals surface area contributed by atoms with Gasteiger partial charge in [-0.05, 0) is 27.8 Å². The van der Waals surface area contributed by atoms with Crippen LogP contribution in [0.25, 0.3) is 11.1 Å². The summed E-state index contributed by atoms with van der Waals surface area (Å²) in [5.74, 6) is -1.09. The summed E-state index contributed by atoms with van der Waals surface area (Å²) in [6.45, 7) is 0.173. The number of ether oxygens (including phenoxy) is 1. The zero-order valence-electron chi connectivity index (χ0n) is 17.7. The van der Waals surface area contributed by atoms with Crippen LogP contribution in [0, 0.1) is 0 Å². The minimum atomic E-state index is -1.03. The molecule has 5 heteroatoms. The van der Waals surface area contributed by atoms with E-state index in [1.54, 1.807) is 14.1 Å². The molecule has 0 radical (unpaired) electrons. The van der Waals surface area contributed by atoms with Crippen molar-refractivity contribution in [1.29, 1.82) is 0 Å². The highest BCUT2D eigenvalue weighted by molar-refractivity contribution is 5.79. The Morgan fingerprint density at radius 2 is 1.39 bits per heavy atom. The molecule has 0 spiro atoms. The van der Waals surface area contributed by atoms with Crippen LogP contribution < -0.4 is 0 Å². The second-order valence-corrected chi connectivity index (χ2v) is 8.39. The number of nitrogens with zero attached hydrogens (tertiary/aromatic N) is 1. The van der Waals surface area contributed by atoms with Gasteiger partial charge in [-0.3, -0.25) is 0 Å². The average Bonchev–Trinajstić information content (AvgIpc) is 3.10. The number of benzene rings is 3. The van der Waals surface area contributed by atoms with Gasteiger partial charge in [-0.25, -0.2) is 9.28 Å². The van der Waals surface area contributed by atoms with Gasteiger partial charge in [0.15, 0.2) is 0 Å². The van der Waals surface area contributed by atoms with Crippen molar-refractivity contribution in [1.82, 2.24) is 0 Å². The van der Waals surface area contributed by atoms with Gasteiger partial charge in [0, 0.05) is 12.3 Å². The molecule has 0 unspecified atom stereocenters. The molecule has 3 aromatic carbocycles. The SMILES string of the molecule is C[N+](C)(C(=O)OCC1c2ccccc2-c2ccccc21)[C@@H](Cc1ccccc1)C(=O)O. The molecule has 1 atom stereocenters. The summed E-state index contributed by atoms with van der Waals surface area (Å²) in [4.78, 5) is 25.1. The monoisotopic (exact) mass is 416 g/mol. The largest absolute Gasteiger partial charge is 0.516 e. The molecule has 0 bridgehead atoms. The van der Waals surface area contributed by atoms with Crippen molar-refractivity contribution < 1.29 is 23.9 Å². The molecule has 158 valence electrons. The van der Waals surface area contributed by atoms with E-state index in [1.165, 1.54) is 0 Å². The number of quaternary nitrogens is 1. The predicted molar refractivity (Wildman–Crippen MR) is 119 cm³/mol. The molecule has 0 aliphatic heterocycles. The number of rotatable bonds is 6. The number of amides is 1. The van der Waals surface area contributed by atoms with Crippen molar-refractivity contribution in [2.24, 2.45) is 0 Å². The molecule has 0 saturated carbocycles. The molecule has 1 amide bonds. The standard InChI is InChI=1S/C26H25NO4/c1-27(2,24(25(28)29)16-18-10-4-3-5-11-18)26(30)31-17-23-21-14-8-6-12-19(21)20-13-7-9-15-22(20)23/h3-15,23-24H,16-17H2,1-2H3/p+1/t24-/m0/s1. The van der Waals surface area contributed by atoms with Crippen molar-refractivity contribution in [2.45, 2.75) is 18.4 Å². The number of likely N-dealkylation sites (N-methyl/N-ethyl adjacent to an activating group) is 1. The first-order valence-electron chi connectivity index (χ1n) is 10.4. The van der Waals surface area contributed by atoms with Gasteiger partial charge in [-0.15, -0.1) is 0 Å². The topological polar surface area (TPSA) is 63.6 Å². The van der Waals surface area contributed by atoms with Gasteiger partial charge in [0.05, 0.1) is 14.1 Å². The number of fused-ring (bicyclic) bond motifs is 3. The Bertz CT molecular complexity index is 1060. The predicted octanol–water partition coefficient (Wildman–Crippen LogP) is 4.71. The smallest absolute Gasteiger partial charge is 0.477 e.